The summed E-state index contributed by atoms with van der Waals surface area (Å²) >= 11 is 0. The lowest BCUT2D eigenvalue weighted by molar-refractivity contribution is 0.429. The first kappa shape index (κ1) is 24.4. The summed E-state index contributed by atoms with van der Waals surface area (Å²) in [7, 11) is 0. The summed E-state index contributed by atoms with van der Waals surface area (Å²) < 4.78 is 5.65. The van der Waals surface area contributed by atoms with Gasteiger partial charge in [-0.1, -0.05) is 19.9 Å². The van der Waals surface area contributed by atoms with Crippen LogP contribution in [0.4, 0.5) is 5.69 Å². The summed E-state index contributed by atoms with van der Waals surface area (Å²) in [6.45, 7) is 12.0. The number of ether oxygens (including phenoxy) is 1. The monoisotopic (exact) mass is 405 g/mol. The minimum absolute atomic E-state index is 0.576. The van der Waals surface area contributed by atoms with Gasteiger partial charge < -0.3 is 9.64 Å². The average molecular weight is 406 g/mol. The Hall–Kier alpha value is -3.59. The maximum absolute atomic E-state index is 5.65. The third kappa shape index (κ3) is 7.44. The van der Waals surface area contributed by atoms with Crippen molar-refractivity contribution in [2.24, 2.45) is 9.98 Å². The van der Waals surface area contributed by atoms with Gasteiger partial charge in [0.05, 0.1) is 36.5 Å². The molecule has 3 rings (SSSR count). The molecule has 1 aliphatic rings. The molecule has 6 heteroatoms. The van der Waals surface area contributed by atoms with Crippen LogP contribution >= 0.6 is 0 Å². The Morgan fingerprint density at radius 2 is 2.07 bits per heavy atom. The maximum atomic E-state index is 5.65. The molecule has 0 saturated heterocycles. The zero-order valence-electron chi connectivity index (χ0n) is 18.7. The number of aliphatic imine (C=N–C) groups is 2. The van der Waals surface area contributed by atoms with Crippen molar-refractivity contribution in [1.29, 1.82) is 0 Å². The smallest absolute Gasteiger partial charge is 0.191 e. The average Bonchev–Trinajstić information content (AvgIpc) is 3.43. The van der Waals surface area contributed by atoms with E-state index in [1.54, 1.807) is 13.1 Å². The molecule has 0 aliphatic carbocycles. The molecule has 1 aromatic heterocycles. The van der Waals surface area contributed by atoms with Crippen molar-refractivity contribution in [1.82, 2.24) is 10.2 Å². The van der Waals surface area contributed by atoms with Crippen LogP contribution in [-0.4, -0.2) is 29.0 Å². The number of nitrogens with one attached hydrogen (secondary N) is 1. The third-order valence-electron chi connectivity index (χ3n) is 3.73. The molecule has 0 amide bonds. The van der Waals surface area contributed by atoms with E-state index in [4.69, 9.17) is 4.74 Å². The van der Waals surface area contributed by atoms with Gasteiger partial charge in [0.2, 0.25) is 0 Å². The number of fused-ring (bicyclic) bond motifs is 1. The molecule has 0 radical (unpaired) electrons. The summed E-state index contributed by atoms with van der Waals surface area (Å²) in [4.78, 5) is 10.8. The number of hydrogen-bond acceptors (Lipinski definition) is 5. The fraction of sp³-hybridized carbons (Fsp3) is 0.292. The lowest BCUT2D eigenvalue weighted by atomic mass is 10.2. The van der Waals surface area contributed by atoms with Gasteiger partial charge in [-0.2, -0.15) is 5.10 Å². The van der Waals surface area contributed by atoms with Crippen molar-refractivity contribution in [2.45, 2.75) is 41.5 Å². The molecule has 0 atom stereocenters. The van der Waals surface area contributed by atoms with Gasteiger partial charge in [0.25, 0.3) is 0 Å². The number of rotatable bonds is 4. The van der Waals surface area contributed by atoms with Crippen LogP contribution < -0.4 is 4.90 Å². The molecular formula is C24H31N5O. The molecule has 1 N–H and O–H groups in total. The summed E-state index contributed by atoms with van der Waals surface area (Å²) in [5, 5.41) is 8.08. The topological polar surface area (TPSA) is 65.9 Å². The Morgan fingerprint density at radius 3 is 2.73 bits per heavy atom. The SMILES string of the molecule is C#CC.C/C=C\C(=C/C)OC(C)=N/C=C1\CN(c2ccc3[nH]ncc3c2)C=N1.CC. The van der Waals surface area contributed by atoms with Crippen molar-refractivity contribution in [3.05, 3.63) is 60.3 Å². The second kappa shape index (κ2) is 13.6. The fourth-order valence-corrected chi connectivity index (χ4v) is 2.46. The number of nitrogens with zero attached hydrogens (tertiary/aromatic N) is 4. The van der Waals surface area contributed by atoms with Crippen LogP contribution in [0.3, 0.4) is 0 Å². The van der Waals surface area contributed by atoms with Crippen LogP contribution in [-0.2, 0) is 4.74 Å². The molecule has 158 valence electrons. The molecule has 0 saturated carbocycles. The molecule has 1 aromatic carbocycles. The molecule has 6 nitrogen and oxygen atoms in total. The molecule has 0 fully saturated rings. The van der Waals surface area contributed by atoms with Crippen LogP contribution in [0.5, 0.6) is 0 Å². The third-order valence-corrected chi connectivity index (χ3v) is 3.73. The first-order valence-electron chi connectivity index (χ1n) is 9.92. The van der Waals surface area contributed by atoms with E-state index in [1.807, 2.05) is 77.5 Å². The van der Waals surface area contributed by atoms with E-state index >= 15 is 0 Å². The summed E-state index contributed by atoms with van der Waals surface area (Å²) in [5.74, 6) is 3.60. The second-order valence-electron chi connectivity index (χ2n) is 5.86. The van der Waals surface area contributed by atoms with E-state index in [1.165, 1.54) is 0 Å². The molecule has 30 heavy (non-hydrogen) atoms. The predicted octanol–water partition coefficient (Wildman–Crippen LogP) is 5.83. The van der Waals surface area contributed by atoms with Crippen LogP contribution in [0.25, 0.3) is 10.9 Å². The Morgan fingerprint density at radius 1 is 1.33 bits per heavy atom. The van der Waals surface area contributed by atoms with E-state index in [2.05, 4.69) is 43.5 Å². The maximum Gasteiger partial charge on any atom is 0.191 e. The van der Waals surface area contributed by atoms with Crippen molar-refractivity contribution in [2.75, 3.05) is 11.4 Å². The molecule has 2 aromatic rings. The van der Waals surface area contributed by atoms with Crippen LogP contribution in [0.15, 0.2) is 70.3 Å². The highest BCUT2D eigenvalue weighted by Crippen LogP contribution is 2.23. The van der Waals surface area contributed by atoms with E-state index < -0.39 is 0 Å². The number of benzene rings is 1. The fourth-order valence-electron chi connectivity index (χ4n) is 2.46. The Bertz CT molecular complexity index is 986. The largest absolute Gasteiger partial charge is 0.444 e. The van der Waals surface area contributed by atoms with E-state index in [9.17, 15) is 0 Å². The molecular weight excluding hydrogens is 374 g/mol. The Labute approximate surface area is 179 Å². The van der Waals surface area contributed by atoms with Gasteiger partial charge in [-0.05, 0) is 51.1 Å². The highest BCUT2D eigenvalue weighted by atomic mass is 16.5. The minimum Gasteiger partial charge on any atom is -0.444 e. The minimum atomic E-state index is 0.576. The number of allylic oxidation sites excluding steroid dienone is 3. The summed E-state index contributed by atoms with van der Waals surface area (Å²) in [6, 6.07) is 6.15. The van der Waals surface area contributed by atoms with Crippen molar-refractivity contribution in [3.63, 3.8) is 0 Å². The first-order chi connectivity index (χ1) is 14.6. The lowest BCUT2D eigenvalue weighted by Crippen LogP contribution is -2.17. The van der Waals surface area contributed by atoms with Crippen LogP contribution in [0, 0.1) is 12.3 Å². The van der Waals surface area contributed by atoms with Crippen molar-refractivity contribution in [3.8, 4) is 12.3 Å². The number of aromatic nitrogens is 2. The number of hydrogen-bond donors (Lipinski definition) is 1. The summed E-state index contributed by atoms with van der Waals surface area (Å²) in [5.41, 5.74) is 2.97. The standard InChI is InChI=1S/C19H21N5O.C3H4.C2H6/c1-4-6-18(5-2)25-14(3)20-11-16-12-24(13-21-16)17-7-8-19-15(9-17)10-22-23-19;1-3-2;1-2/h4-11,13H,12H2,1-3H3,(H,22,23);1H,2H3;1-2H3/b6-4-,16-11+,18-5+,20-14?;;. The predicted molar refractivity (Wildman–Crippen MR) is 129 cm³/mol. The van der Waals surface area contributed by atoms with Crippen molar-refractivity contribution < 1.29 is 4.74 Å². The second-order valence-corrected chi connectivity index (χ2v) is 5.86. The normalized spacial score (nSPS) is 15.0. The zero-order chi connectivity index (χ0) is 22.4. The molecule has 2 heterocycles. The Balaban J connectivity index is 0.000000826. The van der Waals surface area contributed by atoms with E-state index in [0.29, 0.717) is 12.4 Å². The van der Waals surface area contributed by atoms with Crippen LogP contribution in [0.1, 0.15) is 41.5 Å². The number of anilines is 1. The van der Waals surface area contributed by atoms with Gasteiger partial charge in [-0.15, -0.1) is 12.3 Å². The van der Waals surface area contributed by atoms with Gasteiger partial charge in [0.15, 0.2) is 5.90 Å². The van der Waals surface area contributed by atoms with Gasteiger partial charge in [0, 0.05) is 18.0 Å². The van der Waals surface area contributed by atoms with E-state index in [-0.39, 0.29) is 0 Å². The molecule has 0 spiro atoms. The highest BCUT2D eigenvalue weighted by molar-refractivity contribution is 5.89. The molecule has 1 aliphatic heterocycles. The molecule has 0 unspecified atom stereocenters. The lowest BCUT2D eigenvalue weighted by Gasteiger charge is -2.13. The first-order valence-corrected chi connectivity index (χ1v) is 9.92. The van der Waals surface area contributed by atoms with Gasteiger partial charge in [-0.25, -0.2) is 9.98 Å². The van der Waals surface area contributed by atoms with Gasteiger partial charge >= 0.3 is 0 Å². The van der Waals surface area contributed by atoms with Crippen molar-refractivity contribution >= 4 is 28.8 Å². The summed E-state index contributed by atoms with van der Waals surface area (Å²) in [6.07, 6.45) is 15.7. The zero-order valence-corrected chi connectivity index (χ0v) is 18.7. The Kier molecular flexibility index (Phi) is 11.1. The van der Waals surface area contributed by atoms with Gasteiger partial charge in [-0.3, -0.25) is 5.10 Å². The molecule has 0 bridgehead atoms. The number of aromatic amines is 1. The van der Waals surface area contributed by atoms with Gasteiger partial charge in [0.1, 0.15) is 5.76 Å². The quantitative estimate of drug-likeness (QED) is 0.229. The van der Waals surface area contributed by atoms with E-state index in [0.717, 1.165) is 28.0 Å². The number of terminal acetylenes is 1. The highest BCUT2D eigenvalue weighted by Gasteiger charge is 2.13. The van der Waals surface area contributed by atoms with Crippen LogP contribution in [0.2, 0.25) is 0 Å². The number of H-pyrrole nitrogens is 1.